The van der Waals surface area contributed by atoms with Gasteiger partial charge in [-0.1, -0.05) is 36.4 Å². The highest BCUT2D eigenvalue weighted by Crippen LogP contribution is 2.46. The van der Waals surface area contributed by atoms with Gasteiger partial charge in [-0.3, -0.25) is 103 Å². The number of benzene rings is 1. The van der Waals surface area contributed by atoms with Crippen LogP contribution in [-0.4, -0.2) is 29.9 Å². The summed E-state index contributed by atoms with van der Waals surface area (Å²) in [5.41, 5.74) is 123. The highest BCUT2D eigenvalue weighted by Gasteiger charge is 2.32. The molecule has 414 valence electrons. The van der Waals surface area contributed by atoms with Crippen molar-refractivity contribution in [3.8, 4) is 0 Å². The molecule has 0 fully saturated rings. The van der Waals surface area contributed by atoms with Crippen molar-refractivity contribution < 1.29 is 0 Å². The number of thioether (sulfide) groups is 6. The molecule has 0 radical (unpaired) electrons. The molecule has 7 aromatic rings. The topological polar surface area (TPSA) is 546 Å². The summed E-state index contributed by atoms with van der Waals surface area (Å²) in [4.78, 5) is 28.4. The maximum atomic E-state index is 6.39. The lowest BCUT2D eigenvalue weighted by Crippen LogP contribution is -2.54. The van der Waals surface area contributed by atoms with Gasteiger partial charge in [0.15, 0.2) is 0 Å². The van der Waals surface area contributed by atoms with Crippen molar-refractivity contribution in [1.29, 1.82) is 0 Å². The Bertz CT molecular complexity index is 2630. The first-order chi connectivity index (χ1) is 36.5. The number of hydrogen-bond donors (Lipinski definition) is 18. The van der Waals surface area contributed by atoms with Crippen LogP contribution in [-0.2, 0) is 69.2 Å². The van der Waals surface area contributed by atoms with Gasteiger partial charge in [0.1, 0.15) is 64.9 Å². The van der Waals surface area contributed by atoms with E-state index in [9.17, 15) is 0 Å². The van der Waals surface area contributed by atoms with Gasteiger partial charge in [0.2, 0.25) is 0 Å². The second-order valence-electron chi connectivity index (χ2n) is 18.3. The molecule has 6 heterocycles. The van der Waals surface area contributed by atoms with Crippen LogP contribution < -0.4 is 103 Å². The molecule has 24 nitrogen and oxygen atoms in total. The van der Waals surface area contributed by atoms with E-state index in [4.69, 9.17) is 133 Å². The molecule has 0 aliphatic carbocycles. The minimum atomic E-state index is -1.75. The summed E-state index contributed by atoms with van der Waals surface area (Å²) in [6, 6.07) is 20.6. The summed E-state index contributed by atoms with van der Waals surface area (Å²) in [5, 5.41) is 2.88. The normalized spacial score (nSPS) is 12.8. The van der Waals surface area contributed by atoms with Crippen LogP contribution in [0.1, 0.15) is 66.8 Å². The summed E-state index contributed by atoms with van der Waals surface area (Å²) in [5.74, 6) is -9.02. The molecular weight excluding hydrogens is 1110 g/mol. The molecule has 0 unspecified atom stereocenters. The van der Waals surface area contributed by atoms with E-state index in [-0.39, 0.29) is 34.5 Å². The van der Waals surface area contributed by atoms with E-state index in [1.165, 1.54) is 70.6 Å². The fraction of sp³-hybridized carbons (Fsp3) is 0.250. The Morgan fingerprint density at radius 2 is 0.359 bits per heavy atom. The van der Waals surface area contributed by atoms with Gasteiger partial charge < -0.3 is 0 Å². The molecule has 0 bridgehead atoms. The van der Waals surface area contributed by atoms with Gasteiger partial charge in [0.05, 0.1) is 0 Å². The number of pyridine rings is 6. The summed E-state index contributed by atoms with van der Waals surface area (Å²) in [6.45, 7) is 0. The van der Waals surface area contributed by atoms with Crippen LogP contribution in [0.15, 0.2) is 140 Å². The second kappa shape index (κ2) is 25.1. The zero-order valence-corrected chi connectivity index (χ0v) is 47.1. The number of nitrogens with zero attached hydrogens (tertiary/aromatic N) is 6. The zero-order valence-electron chi connectivity index (χ0n) is 42.2. The van der Waals surface area contributed by atoms with Gasteiger partial charge in [-0.05, 0) is 69.8 Å². The van der Waals surface area contributed by atoms with E-state index < -0.39 is 34.7 Å². The zero-order chi connectivity index (χ0) is 56.8. The highest BCUT2D eigenvalue weighted by atomic mass is 32.2. The Kier molecular flexibility index (Phi) is 19.7. The summed E-state index contributed by atoms with van der Waals surface area (Å²) in [7, 11) is 0. The quantitative estimate of drug-likeness (QED) is 0.0273. The van der Waals surface area contributed by atoms with Gasteiger partial charge in [0.25, 0.3) is 0 Å². The van der Waals surface area contributed by atoms with Crippen molar-refractivity contribution in [2.24, 2.45) is 103 Å². The third-order valence-corrected chi connectivity index (χ3v) is 17.9. The Morgan fingerprint density at radius 3 is 0.474 bits per heavy atom. The van der Waals surface area contributed by atoms with Crippen molar-refractivity contribution in [3.63, 3.8) is 0 Å². The highest BCUT2D eigenvalue weighted by molar-refractivity contribution is 8.00. The molecule has 78 heavy (non-hydrogen) atoms. The maximum Gasteiger partial charge on any atom is 0.145 e. The number of rotatable bonds is 24. The van der Waals surface area contributed by atoms with Gasteiger partial charge >= 0.3 is 0 Å². The van der Waals surface area contributed by atoms with Crippen LogP contribution in [0.4, 0.5) is 0 Å². The number of nitrogens with two attached hydrogens (primary N) is 18. The third kappa shape index (κ3) is 15.5. The molecule has 6 aromatic heterocycles. The molecule has 36 N–H and O–H groups in total. The van der Waals surface area contributed by atoms with Gasteiger partial charge in [-0.15, -0.1) is 70.6 Å². The Labute approximate surface area is 476 Å². The van der Waals surface area contributed by atoms with Crippen LogP contribution in [0.2, 0.25) is 0 Å². The largest absolute Gasteiger partial charge is 0.297 e. The molecule has 0 amide bonds. The van der Waals surface area contributed by atoms with Gasteiger partial charge in [-0.2, -0.15) is 0 Å². The molecule has 0 saturated heterocycles. The predicted octanol–water partition coefficient (Wildman–Crippen LogP) is -0.271. The molecule has 0 aliphatic heterocycles. The molecule has 0 atom stereocenters. The van der Waals surface area contributed by atoms with E-state index in [2.05, 4.69) is 0 Å². The molecule has 7 rings (SSSR count). The summed E-state index contributed by atoms with van der Waals surface area (Å²) >= 11 is 8.26. The maximum absolute atomic E-state index is 6.39. The van der Waals surface area contributed by atoms with Gasteiger partial charge in [-0.25, -0.2) is 29.9 Å². The standard InChI is InChI=1S/C48H66N24S6/c49-43(50,51)31-7-1-13-67-37(31)73-19-25-26(20-74-38-32(44(52,53)54)8-2-14-68-38)28(22-76-40-34(46(58,59)60)10-4-16-70-40)30(24-78-42-36(48(64,65)66)12-6-18-72-42)29(23-77-41-35(47(61,62)63)11-5-17-71-41)27(25)21-75-39-33(45(55,56)57)9-3-15-69-39/h1-18H,19-24,49-66H2. The average molecular weight is 1170 g/mol. The van der Waals surface area contributed by atoms with Crippen molar-refractivity contribution in [2.75, 3.05) is 0 Å². The average Bonchev–Trinajstić information content (AvgIpc) is 3.55. The van der Waals surface area contributed by atoms with Crippen LogP contribution in [0.5, 0.6) is 0 Å². The molecule has 1 aromatic carbocycles. The van der Waals surface area contributed by atoms with E-state index in [1.807, 2.05) is 0 Å². The fourth-order valence-electron chi connectivity index (χ4n) is 7.99. The first kappa shape index (κ1) is 61.1. The summed E-state index contributed by atoms with van der Waals surface area (Å²) in [6.07, 6.45) is 9.81. The van der Waals surface area contributed by atoms with Crippen molar-refractivity contribution in [3.05, 3.63) is 177 Å². The van der Waals surface area contributed by atoms with Crippen LogP contribution in [0.3, 0.4) is 0 Å². The lowest BCUT2D eigenvalue weighted by atomic mass is 9.90. The predicted molar refractivity (Wildman–Crippen MR) is 315 cm³/mol. The minimum Gasteiger partial charge on any atom is -0.297 e. The monoisotopic (exact) mass is 1170 g/mol. The SMILES string of the molecule is NC(N)(N)c1cccnc1SCc1c(CSc2ncccc2C(N)(N)N)c(CSc2ncccc2C(N)(N)N)c(CSc2ncccc2C(N)(N)N)c(CSc2ncccc2C(N)(N)N)c1CSc1ncccc1C(N)(N)N. The number of aromatic nitrogens is 6. The van der Waals surface area contributed by atoms with Crippen molar-refractivity contribution in [2.45, 2.75) is 99.4 Å². The Hall–Kier alpha value is -4.50. The second-order valence-corrected chi connectivity index (χ2v) is 24.1. The van der Waals surface area contributed by atoms with E-state index in [0.717, 1.165) is 33.4 Å². The lowest BCUT2D eigenvalue weighted by Gasteiger charge is -2.29. The molecule has 0 aliphatic rings. The van der Waals surface area contributed by atoms with Crippen molar-refractivity contribution >= 4 is 70.6 Å². The van der Waals surface area contributed by atoms with E-state index in [0.29, 0.717) is 63.5 Å². The molecule has 0 saturated carbocycles. The van der Waals surface area contributed by atoms with Gasteiger partial charge in [0, 0.05) is 105 Å². The van der Waals surface area contributed by atoms with Crippen molar-refractivity contribution in [1.82, 2.24) is 29.9 Å². The molecule has 30 heteroatoms. The Balaban J connectivity index is 1.60. The smallest absolute Gasteiger partial charge is 0.145 e. The fourth-order valence-corrected chi connectivity index (χ4v) is 15.0. The van der Waals surface area contributed by atoms with Crippen LogP contribution in [0.25, 0.3) is 0 Å². The van der Waals surface area contributed by atoms with E-state index in [1.54, 1.807) is 110 Å². The van der Waals surface area contributed by atoms with E-state index >= 15 is 0 Å². The van der Waals surface area contributed by atoms with Crippen LogP contribution in [0, 0.1) is 0 Å². The lowest BCUT2D eigenvalue weighted by molar-refractivity contribution is 0.474. The minimum absolute atomic E-state index is 0.251. The van der Waals surface area contributed by atoms with Crippen LogP contribution >= 0.6 is 70.6 Å². The first-order valence-corrected chi connectivity index (χ1v) is 29.3. The molecular formula is C48H66N24S6. The summed E-state index contributed by atoms with van der Waals surface area (Å²) < 4.78 is 0. The number of hydrogen-bond acceptors (Lipinski definition) is 30. The third-order valence-electron chi connectivity index (χ3n) is 11.7. The Morgan fingerprint density at radius 1 is 0.231 bits per heavy atom. The first-order valence-electron chi connectivity index (χ1n) is 23.4. The molecule has 0 spiro atoms.